The van der Waals surface area contributed by atoms with Crippen LogP contribution in [0.15, 0.2) is 36.6 Å². The summed E-state index contributed by atoms with van der Waals surface area (Å²) in [7, 11) is 0. The lowest BCUT2D eigenvalue weighted by Crippen LogP contribution is -2.23. The molecule has 0 heterocycles. The van der Waals surface area contributed by atoms with Crippen molar-refractivity contribution in [3.63, 3.8) is 0 Å². The van der Waals surface area contributed by atoms with Crippen molar-refractivity contribution in [1.82, 2.24) is 0 Å². The molecule has 0 spiro atoms. The average molecular weight is 277 g/mol. The van der Waals surface area contributed by atoms with Crippen molar-refractivity contribution in [3.8, 4) is 6.07 Å². The number of hydrogen-bond donors (Lipinski definition) is 1. The molecule has 0 bridgehead atoms. The van der Waals surface area contributed by atoms with Crippen molar-refractivity contribution in [3.05, 3.63) is 36.6 Å². The van der Waals surface area contributed by atoms with Crippen LogP contribution in [0.4, 0.5) is 0 Å². The largest absolute Gasteiger partial charge is 0.479 e. The molecule has 0 rings (SSSR count). The first-order valence-electron chi connectivity index (χ1n) is 6.85. The van der Waals surface area contributed by atoms with Crippen LogP contribution >= 0.6 is 0 Å². The van der Waals surface area contributed by atoms with Crippen LogP contribution in [-0.4, -0.2) is 17.2 Å². The Hall–Kier alpha value is -2.02. The maximum Gasteiger partial charge on any atom is 0.344 e. The van der Waals surface area contributed by atoms with E-state index in [4.69, 9.17) is 15.1 Å². The van der Waals surface area contributed by atoms with Crippen LogP contribution in [0.3, 0.4) is 0 Å². The highest BCUT2D eigenvalue weighted by Crippen LogP contribution is 2.14. The van der Waals surface area contributed by atoms with Gasteiger partial charge in [0.05, 0.1) is 12.5 Å². The van der Waals surface area contributed by atoms with Gasteiger partial charge in [0, 0.05) is 0 Å². The van der Waals surface area contributed by atoms with Gasteiger partial charge in [-0.2, -0.15) is 5.26 Å². The average Bonchev–Trinajstić information content (AvgIpc) is 2.42. The van der Waals surface area contributed by atoms with E-state index in [-0.39, 0.29) is 6.42 Å². The molecule has 0 aromatic rings. The smallest absolute Gasteiger partial charge is 0.344 e. The van der Waals surface area contributed by atoms with Crippen LogP contribution in [0, 0.1) is 11.3 Å². The number of allylic oxidation sites excluding steroid dienone is 4. The van der Waals surface area contributed by atoms with Crippen molar-refractivity contribution in [2.24, 2.45) is 0 Å². The number of carboxylic acids is 1. The van der Waals surface area contributed by atoms with Crippen molar-refractivity contribution in [2.45, 2.75) is 51.6 Å². The monoisotopic (exact) mass is 277 g/mol. The maximum absolute atomic E-state index is 11.2. The van der Waals surface area contributed by atoms with Crippen LogP contribution in [0.25, 0.3) is 0 Å². The normalized spacial score (nSPS) is 12.9. The fourth-order valence-corrected chi connectivity index (χ4v) is 1.66. The number of ether oxygens (including phenoxy) is 1. The lowest BCUT2D eigenvalue weighted by molar-refractivity contribution is -0.148. The van der Waals surface area contributed by atoms with E-state index in [9.17, 15) is 4.79 Å². The molecule has 1 unspecified atom stereocenters. The van der Waals surface area contributed by atoms with E-state index in [0.29, 0.717) is 12.2 Å². The van der Waals surface area contributed by atoms with E-state index in [1.165, 1.54) is 0 Å². The van der Waals surface area contributed by atoms with Gasteiger partial charge in [-0.15, -0.1) is 6.58 Å². The molecule has 0 aromatic heterocycles. The molecule has 0 aliphatic rings. The molecule has 1 atom stereocenters. The SMILES string of the molecule is C=CCCCCCC(OC(/C=C\C)=C/CC#N)C(=O)O. The molecule has 0 saturated heterocycles. The van der Waals surface area contributed by atoms with Crippen molar-refractivity contribution >= 4 is 5.97 Å². The first kappa shape index (κ1) is 18.0. The van der Waals surface area contributed by atoms with E-state index in [1.54, 1.807) is 18.2 Å². The van der Waals surface area contributed by atoms with E-state index >= 15 is 0 Å². The molecule has 0 amide bonds. The zero-order chi connectivity index (χ0) is 15.2. The van der Waals surface area contributed by atoms with E-state index in [2.05, 4.69) is 6.58 Å². The Labute approximate surface area is 121 Å². The predicted octanol–water partition coefficient (Wildman–Crippen LogP) is 3.97. The fourth-order valence-electron chi connectivity index (χ4n) is 1.66. The molecular weight excluding hydrogens is 254 g/mol. The Balaban J connectivity index is 4.39. The minimum Gasteiger partial charge on any atom is -0.479 e. The first-order valence-corrected chi connectivity index (χ1v) is 6.85. The minimum absolute atomic E-state index is 0.200. The number of aliphatic carboxylic acids is 1. The lowest BCUT2D eigenvalue weighted by Gasteiger charge is -2.15. The quantitative estimate of drug-likeness (QED) is 0.268. The third-order valence-electron chi connectivity index (χ3n) is 2.65. The summed E-state index contributed by atoms with van der Waals surface area (Å²) in [5, 5.41) is 17.7. The van der Waals surface area contributed by atoms with Crippen molar-refractivity contribution in [2.75, 3.05) is 0 Å². The fraction of sp³-hybridized carbons (Fsp3) is 0.500. The van der Waals surface area contributed by atoms with Crippen LogP contribution in [0.1, 0.15) is 45.4 Å². The Kier molecular flexibility index (Phi) is 10.8. The third-order valence-corrected chi connectivity index (χ3v) is 2.65. The number of unbranched alkanes of at least 4 members (excludes halogenated alkanes) is 3. The Morgan fingerprint density at radius 2 is 2.20 bits per heavy atom. The lowest BCUT2D eigenvalue weighted by atomic mass is 10.1. The van der Waals surface area contributed by atoms with Crippen LogP contribution in [0.2, 0.25) is 0 Å². The molecule has 1 N–H and O–H groups in total. The van der Waals surface area contributed by atoms with Gasteiger partial charge in [-0.05, 0) is 44.8 Å². The summed E-state index contributed by atoms with van der Waals surface area (Å²) in [6, 6.07) is 1.98. The highest BCUT2D eigenvalue weighted by atomic mass is 16.5. The molecule has 110 valence electrons. The standard InChI is InChI=1S/C16H23NO3/c1-3-5-6-7-8-12-15(16(18)19)20-14(10-4-2)11-9-13-17/h3-4,10-11,15H,1,5-9,12H2,2H3,(H,18,19)/b10-4-,14-11+. The summed E-state index contributed by atoms with van der Waals surface area (Å²) in [4.78, 5) is 11.2. The molecule has 20 heavy (non-hydrogen) atoms. The second kappa shape index (κ2) is 12.0. The molecule has 0 fully saturated rings. The zero-order valence-electron chi connectivity index (χ0n) is 12.0. The molecule has 0 aromatic carbocycles. The summed E-state index contributed by atoms with van der Waals surface area (Å²) < 4.78 is 5.46. The van der Waals surface area contributed by atoms with E-state index in [0.717, 1.165) is 25.7 Å². The first-order chi connectivity index (χ1) is 9.65. The molecule has 0 aliphatic heterocycles. The Bertz CT molecular complexity index is 391. The Morgan fingerprint density at radius 3 is 2.75 bits per heavy atom. The van der Waals surface area contributed by atoms with Gasteiger partial charge in [0.2, 0.25) is 0 Å². The van der Waals surface area contributed by atoms with Gasteiger partial charge in [0.1, 0.15) is 5.76 Å². The van der Waals surface area contributed by atoms with Gasteiger partial charge < -0.3 is 9.84 Å². The van der Waals surface area contributed by atoms with E-state index in [1.807, 2.05) is 19.1 Å². The van der Waals surface area contributed by atoms with Crippen LogP contribution < -0.4 is 0 Å². The minimum atomic E-state index is -0.971. The van der Waals surface area contributed by atoms with Gasteiger partial charge in [0.25, 0.3) is 0 Å². The second-order valence-electron chi connectivity index (χ2n) is 4.34. The molecule has 0 saturated carbocycles. The van der Waals surface area contributed by atoms with Gasteiger partial charge in [-0.3, -0.25) is 0 Å². The van der Waals surface area contributed by atoms with Crippen LogP contribution in [-0.2, 0) is 9.53 Å². The van der Waals surface area contributed by atoms with Gasteiger partial charge in [-0.25, -0.2) is 4.79 Å². The van der Waals surface area contributed by atoms with Gasteiger partial charge >= 0.3 is 5.97 Å². The number of rotatable bonds is 11. The summed E-state index contributed by atoms with van der Waals surface area (Å²) in [5.41, 5.74) is 0. The van der Waals surface area contributed by atoms with E-state index < -0.39 is 12.1 Å². The summed E-state index contributed by atoms with van der Waals surface area (Å²) in [6.07, 6.45) is 10.4. The van der Waals surface area contributed by atoms with Crippen LogP contribution in [0.5, 0.6) is 0 Å². The topological polar surface area (TPSA) is 70.3 Å². The van der Waals surface area contributed by atoms with Crippen molar-refractivity contribution in [1.29, 1.82) is 5.26 Å². The predicted molar refractivity (Wildman–Crippen MR) is 78.9 cm³/mol. The molecule has 0 radical (unpaired) electrons. The highest BCUT2D eigenvalue weighted by molar-refractivity contribution is 5.72. The molecule has 4 heteroatoms. The summed E-state index contributed by atoms with van der Waals surface area (Å²) in [5.74, 6) is -0.534. The number of nitriles is 1. The Morgan fingerprint density at radius 1 is 1.45 bits per heavy atom. The summed E-state index contributed by atoms with van der Waals surface area (Å²) in [6.45, 7) is 5.46. The molecule has 0 aliphatic carbocycles. The maximum atomic E-state index is 11.2. The zero-order valence-corrected chi connectivity index (χ0v) is 12.0. The second-order valence-corrected chi connectivity index (χ2v) is 4.34. The van der Waals surface area contributed by atoms with Gasteiger partial charge in [0.15, 0.2) is 6.10 Å². The number of nitrogens with zero attached hydrogens (tertiary/aromatic N) is 1. The van der Waals surface area contributed by atoms with Crippen molar-refractivity contribution < 1.29 is 14.6 Å². The number of hydrogen-bond acceptors (Lipinski definition) is 3. The highest BCUT2D eigenvalue weighted by Gasteiger charge is 2.19. The molecule has 4 nitrogen and oxygen atoms in total. The number of carbonyl (C=O) groups is 1. The summed E-state index contributed by atoms with van der Waals surface area (Å²) >= 11 is 0. The van der Waals surface area contributed by atoms with Gasteiger partial charge in [-0.1, -0.05) is 18.6 Å². The molecular formula is C16H23NO3. The number of carboxylic acid groups (broad SMARTS) is 1. The third kappa shape index (κ3) is 8.98.